The highest BCUT2D eigenvalue weighted by Crippen LogP contribution is 2.26. The number of amides is 2. The van der Waals surface area contributed by atoms with Crippen molar-refractivity contribution in [3.05, 3.63) is 0 Å². The van der Waals surface area contributed by atoms with E-state index >= 15 is 0 Å². The topological polar surface area (TPSA) is 52.7 Å². The van der Waals surface area contributed by atoms with Crippen LogP contribution in [0.25, 0.3) is 0 Å². The first kappa shape index (κ1) is 12.4. The van der Waals surface area contributed by atoms with Gasteiger partial charge in [0.05, 0.1) is 12.6 Å². The summed E-state index contributed by atoms with van der Waals surface area (Å²) in [6, 6.07) is 0.274. The van der Waals surface area contributed by atoms with Crippen LogP contribution in [0.3, 0.4) is 0 Å². The first-order valence-electron chi connectivity index (χ1n) is 6.45. The molecule has 1 N–H and O–H groups in total. The predicted molar refractivity (Wildman–Crippen MR) is 64.5 cm³/mol. The molecule has 0 spiro atoms. The predicted octanol–water partition coefficient (Wildman–Crippen LogP) is -0.182. The zero-order valence-corrected chi connectivity index (χ0v) is 10.6. The highest BCUT2D eigenvalue weighted by molar-refractivity contribution is 5.88. The number of nitrogens with one attached hydrogen (secondary N) is 1. The van der Waals surface area contributed by atoms with E-state index in [2.05, 4.69) is 5.32 Å². The van der Waals surface area contributed by atoms with Gasteiger partial charge < -0.3 is 15.1 Å². The van der Waals surface area contributed by atoms with E-state index in [4.69, 9.17) is 0 Å². The van der Waals surface area contributed by atoms with Gasteiger partial charge in [0.1, 0.15) is 0 Å². The largest absolute Gasteiger partial charge is 0.338 e. The van der Waals surface area contributed by atoms with Gasteiger partial charge in [-0.3, -0.25) is 9.59 Å². The number of hydrogen-bond donors (Lipinski definition) is 1. The lowest BCUT2D eigenvalue weighted by Crippen LogP contribution is -2.56. The lowest BCUT2D eigenvalue weighted by atomic mass is 10.2. The maximum atomic E-state index is 12.1. The summed E-state index contributed by atoms with van der Waals surface area (Å²) < 4.78 is 0. The second-order valence-electron chi connectivity index (χ2n) is 4.85. The van der Waals surface area contributed by atoms with E-state index in [1.807, 2.05) is 18.7 Å². The van der Waals surface area contributed by atoms with Crippen LogP contribution in [0.2, 0.25) is 0 Å². The molecule has 0 bridgehead atoms. The van der Waals surface area contributed by atoms with Crippen molar-refractivity contribution in [2.45, 2.75) is 38.8 Å². The summed E-state index contributed by atoms with van der Waals surface area (Å²) in [5.41, 5.74) is 0. The van der Waals surface area contributed by atoms with Gasteiger partial charge >= 0.3 is 0 Å². The zero-order chi connectivity index (χ0) is 12.4. The quantitative estimate of drug-likeness (QED) is 0.740. The number of rotatable bonds is 4. The van der Waals surface area contributed by atoms with E-state index in [1.54, 1.807) is 4.90 Å². The Morgan fingerprint density at radius 3 is 2.82 bits per heavy atom. The molecule has 17 heavy (non-hydrogen) atoms. The Morgan fingerprint density at radius 2 is 2.24 bits per heavy atom. The zero-order valence-electron chi connectivity index (χ0n) is 10.6. The number of carbonyl (C=O) groups excluding carboxylic acids is 2. The minimum absolute atomic E-state index is 0.0384. The molecule has 1 atom stereocenters. The Kier molecular flexibility index (Phi) is 3.66. The molecule has 1 aliphatic heterocycles. The van der Waals surface area contributed by atoms with Crippen LogP contribution in [0, 0.1) is 0 Å². The lowest BCUT2D eigenvalue weighted by molar-refractivity contribution is -0.143. The Labute approximate surface area is 102 Å². The molecule has 0 aromatic rings. The Morgan fingerprint density at radius 1 is 1.53 bits per heavy atom. The van der Waals surface area contributed by atoms with Crippen LogP contribution in [0.15, 0.2) is 0 Å². The number of likely N-dealkylation sites (N-methyl/N-ethyl adjacent to an activating group) is 1. The maximum Gasteiger partial charge on any atom is 0.242 e. The summed E-state index contributed by atoms with van der Waals surface area (Å²) in [5, 5.41) is 3.10. The van der Waals surface area contributed by atoms with E-state index in [0.29, 0.717) is 12.6 Å². The third kappa shape index (κ3) is 2.77. The number of hydrogen-bond acceptors (Lipinski definition) is 3. The average Bonchev–Trinajstić information content (AvgIpc) is 3.10. The van der Waals surface area contributed by atoms with Gasteiger partial charge in [-0.1, -0.05) is 0 Å². The van der Waals surface area contributed by atoms with Gasteiger partial charge in [0, 0.05) is 25.7 Å². The fraction of sp³-hybridized carbons (Fsp3) is 0.833. The number of carbonyl (C=O) groups is 2. The molecular formula is C12H21N3O2. The number of nitrogens with zero attached hydrogens (tertiary/aromatic N) is 2. The molecule has 0 radical (unpaired) electrons. The first-order chi connectivity index (χ1) is 8.13. The highest BCUT2D eigenvalue weighted by Gasteiger charge is 2.33. The molecule has 1 heterocycles. The Bertz CT molecular complexity index is 315. The summed E-state index contributed by atoms with van der Waals surface area (Å²) in [5.74, 6) is 0.133. The molecule has 1 saturated heterocycles. The van der Waals surface area contributed by atoms with E-state index in [-0.39, 0.29) is 24.4 Å². The van der Waals surface area contributed by atoms with Gasteiger partial charge in [0.2, 0.25) is 11.8 Å². The smallest absolute Gasteiger partial charge is 0.242 e. The van der Waals surface area contributed by atoms with Crippen LogP contribution in [0.5, 0.6) is 0 Å². The van der Waals surface area contributed by atoms with Gasteiger partial charge in [-0.15, -0.1) is 0 Å². The maximum absolute atomic E-state index is 12.1. The third-order valence-corrected chi connectivity index (χ3v) is 3.49. The minimum atomic E-state index is -0.160. The van der Waals surface area contributed by atoms with Crippen LogP contribution in [-0.4, -0.2) is 59.9 Å². The first-order valence-corrected chi connectivity index (χ1v) is 6.45. The molecule has 2 rings (SSSR count). The van der Waals surface area contributed by atoms with E-state index < -0.39 is 0 Å². The molecule has 96 valence electrons. The summed E-state index contributed by atoms with van der Waals surface area (Å²) >= 11 is 0. The van der Waals surface area contributed by atoms with Crippen molar-refractivity contribution in [3.63, 3.8) is 0 Å². The average molecular weight is 239 g/mol. The molecule has 0 aromatic heterocycles. The summed E-state index contributed by atoms with van der Waals surface area (Å²) in [7, 11) is 0. The van der Waals surface area contributed by atoms with Crippen molar-refractivity contribution in [1.82, 2.24) is 15.1 Å². The van der Waals surface area contributed by atoms with Gasteiger partial charge in [0.25, 0.3) is 0 Å². The third-order valence-electron chi connectivity index (χ3n) is 3.49. The second-order valence-corrected chi connectivity index (χ2v) is 4.85. The molecule has 2 amide bonds. The Hall–Kier alpha value is -1.10. The van der Waals surface area contributed by atoms with Crippen LogP contribution < -0.4 is 5.32 Å². The van der Waals surface area contributed by atoms with Gasteiger partial charge in [-0.25, -0.2) is 0 Å². The molecular weight excluding hydrogens is 218 g/mol. The second kappa shape index (κ2) is 5.04. The fourth-order valence-electron chi connectivity index (χ4n) is 2.32. The Balaban J connectivity index is 1.90. The minimum Gasteiger partial charge on any atom is -0.338 e. The summed E-state index contributed by atoms with van der Waals surface area (Å²) in [6.45, 7) is 6.25. The summed E-state index contributed by atoms with van der Waals surface area (Å²) in [4.78, 5) is 27.5. The van der Waals surface area contributed by atoms with Crippen molar-refractivity contribution in [3.8, 4) is 0 Å². The highest BCUT2D eigenvalue weighted by atomic mass is 16.2. The molecule has 1 saturated carbocycles. The number of piperazine rings is 1. The van der Waals surface area contributed by atoms with Crippen LogP contribution >= 0.6 is 0 Å². The van der Waals surface area contributed by atoms with Crippen molar-refractivity contribution < 1.29 is 9.59 Å². The molecule has 1 unspecified atom stereocenters. The fourth-order valence-corrected chi connectivity index (χ4v) is 2.32. The van der Waals surface area contributed by atoms with E-state index in [0.717, 1.165) is 25.9 Å². The molecule has 2 aliphatic rings. The molecule has 1 aliphatic carbocycles. The van der Waals surface area contributed by atoms with Gasteiger partial charge in [-0.2, -0.15) is 0 Å². The van der Waals surface area contributed by atoms with Crippen LogP contribution in [-0.2, 0) is 9.59 Å². The van der Waals surface area contributed by atoms with Crippen molar-refractivity contribution in [2.75, 3.05) is 26.2 Å². The SMILES string of the molecule is CCN(C(=O)CN1CCNC(C)C1=O)C1CC1. The monoisotopic (exact) mass is 239 g/mol. The van der Waals surface area contributed by atoms with Crippen molar-refractivity contribution in [1.29, 1.82) is 0 Å². The molecule has 0 aromatic carbocycles. The van der Waals surface area contributed by atoms with Crippen molar-refractivity contribution >= 4 is 11.8 Å². The molecule has 2 fully saturated rings. The van der Waals surface area contributed by atoms with E-state index in [1.165, 1.54) is 0 Å². The van der Waals surface area contributed by atoms with Crippen LogP contribution in [0.1, 0.15) is 26.7 Å². The standard InChI is InChI=1S/C12H21N3O2/c1-3-15(10-4-5-10)11(16)8-14-7-6-13-9(2)12(14)17/h9-10,13H,3-8H2,1-2H3. The normalized spacial score (nSPS) is 24.9. The molecule has 5 heteroatoms. The molecule has 5 nitrogen and oxygen atoms in total. The van der Waals surface area contributed by atoms with Crippen molar-refractivity contribution in [2.24, 2.45) is 0 Å². The van der Waals surface area contributed by atoms with Gasteiger partial charge in [0.15, 0.2) is 0 Å². The van der Waals surface area contributed by atoms with Gasteiger partial charge in [-0.05, 0) is 26.7 Å². The van der Waals surface area contributed by atoms with E-state index in [9.17, 15) is 9.59 Å². The van der Waals surface area contributed by atoms with Crippen LogP contribution in [0.4, 0.5) is 0 Å². The summed E-state index contributed by atoms with van der Waals surface area (Å²) in [6.07, 6.45) is 2.23. The lowest BCUT2D eigenvalue weighted by Gasteiger charge is -2.32.